The van der Waals surface area contributed by atoms with Crippen molar-refractivity contribution in [2.45, 2.75) is 25.3 Å². The molecule has 0 aromatic rings. The van der Waals surface area contributed by atoms with Gasteiger partial charge in [0.1, 0.15) is 0 Å². The van der Waals surface area contributed by atoms with Crippen LogP contribution >= 0.6 is 0 Å². The van der Waals surface area contributed by atoms with Crippen LogP contribution in [0.15, 0.2) is 0 Å². The molecule has 0 unspecified atom stereocenters. The Hall–Kier alpha value is 0.518. The summed E-state index contributed by atoms with van der Waals surface area (Å²) >= 11 is -0.510. The van der Waals surface area contributed by atoms with Crippen LogP contribution in [0.3, 0.4) is 0 Å². The molecule has 0 radical (unpaired) electrons. The summed E-state index contributed by atoms with van der Waals surface area (Å²) in [6, 6.07) is 0. The fourth-order valence-electron chi connectivity index (χ4n) is 0.789. The van der Waals surface area contributed by atoms with Gasteiger partial charge < -0.3 is 0 Å². The molecule has 0 aromatic carbocycles. The van der Waals surface area contributed by atoms with Crippen LogP contribution in [0.1, 0.15) is 13.8 Å². The fraction of sp³-hybridized carbons (Fsp3) is 1.00. The Balaban J connectivity index is 3.35. The van der Waals surface area contributed by atoms with Gasteiger partial charge in [0.25, 0.3) is 0 Å². The zero-order valence-electron chi connectivity index (χ0n) is 6.31. The standard InChI is InChI=1S/C6H16AsN/c1-5-8(6-2)7(3)4/h5-6H2,1-4H3. The van der Waals surface area contributed by atoms with Crippen molar-refractivity contribution in [1.29, 1.82) is 0 Å². The predicted octanol–water partition coefficient (Wildman–Crippen LogP) is 1.58. The van der Waals surface area contributed by atoms with Gasteiger partial charge in [-0.2, -0.15) is 0 Å². The van der Waals surface area contributed by atoms with E-state index >= 15 is 0 Å². The maximum absolute atomic E-state index is 2.56. The van der Waals surface area contributed by atoms with Gasteiger partial charge in [-0.3, -0.25) is 0 Å². The van der Waals surface area contributed by atoms with E-state index in [1.165, 1.54) is 13.1 Å². The third-order valence-electron chi connectivity index (χ3n) is 1.30. The molecular weight excluding hydrogens is 161 g/mol. The summed E-state index contributed by atoms with van der Waals surface area (Å²) < 4.78 is 2.56. The molecule has 1 nitrogen and oxygen atoms in total. The summed E-state index contributed by atoms with van der Waals surface area (Å²) in [5.74, 6) is 0. The third-order valence-corrected chi connectivity index (χ3v) is 4.86. The van der Waals surface area contributed by atoms with E-state index in [2.05, 4.69) is 29.1 Å². The molecule has 2 heteroatoms. The van der Waals surface area contributed by atoms with Crippen LogP contribution in [0.2, 0.25) is 11.4 Å². The first-order valence-corrected chi connectivity index (χ1v) is 7.73. The molecule has 0 bridgehead atoms. The van der Waals surface area contributed by atoms with E-state index < -0.39 is 14.9 Å². The first kappa shape index (κ1) is 8.52. The quantitative estimate of drug-likeness (QED) is 0.591. The van der Waals surface area contributed by atoms with Crippen molar-refractivity contribution in [3.8, 4) is 0 Å². The average molecular weight is 177 g/mol. The zero-order chi connectivity index (χ0) is 6.57. The molecule has 0 aliphatic carbocycles. The Labute approximate surface area is 57.6 Å². The topological polar surface area (TPSA) is 3.24 Å². The molecule has 0 N–H and O–H groups in total. The summed E-state index contributed by atoms with van der Waals surface area (Å²) in [7, 11) is 0. The first-order valence-electron chi connectivity index (χ1n) is 3.14. The van der Waals surface area contributed by atoms with Crippen molar-refractivity contribution < 1.29 is 0 Å². The molecule has 0 spiro atoms. The van der Waals surface area contributed by atoms with Crippen LogP contribution in [-0.4, -0.2) is 31.8 Å². The average Bonchev–Trinajstić information content (AvgIpc) is 1.69. The Morgan fingerprint density at radius 3 is 1.50 bits per heavy atom. The van der Waals surface area contributed by atoms with Gasteiger partial charge in [0, 0.05) is 0 Å². The predicted molar refractivity (Wildman–Crippen MR) is 40.4 cm³/mol. The van der Waals surface area contributed by atoms with Crippen LogP contribution in [-0.2, 0) is 0 Å². The fourth-order valence-corrected chi connectivity index (χ4v) is 3.16. The summed E-state index contributed by atoms with van der Waals surface area (Å²) in [6.45, 7) is 6.95. The Kier molecular flexibility index (Phi) is 4.69. The second-order valence-corrected chi connectivity index (χ2v) is 6.73. The second-order valence-electron chi connectivity index (χ2n) is 1.99. The minimum atomic E-state index is -0.510. The van der Waals surface area contributed by atoms with Crippen LogP contribution in [0.5, 0.6) is 0 Å². The third kappa shape index (κ3) is 2.74. The first-order chi connectivity index (χ1) is 3.72. The van der Waals surface area contributed by atoms with Crippen molar-refractivity contribution in [2.75, 3.05) is 13.1 Å². The van der Waals surface area contributed by atoms with E-state index in [0.29, 0.717) is 0 Å². The normalized spacial score (nSPS) is 11.2. The monoisotopic (exact) mass is 177 g/mol. The zero-order valence-corrected chi connectivity index (χ0v) is 8.19. The van der Waals surface area contributed by atoms with E-state index in [1.807, 2.05) is 0 Å². The summed E-state index contributed by atoms with van der Waals surface area (Å²) in [5, 5.41) is 0. The molecular formula is C6H16AsN. The Morgan fingerprint density at radius 1 is 1.12 bits per heavy atom. The van der Waals surface area contributed by atoms with Crippen LogP contribution in [0.25, 0.3) is 0 Å². The molecule has 8 heavy (non-hydrogen) atoms. The van der Waals surface area contributed by atoms with Crippen molar-refractivity contribution in [2.24, 2.45) is 0 Å². The Morgan fingerprint density at radius 2 is 1.50 bits per heavy atom. The van der Waals surface area contributed by atoms with Gasteiger partial charge in [-0.05, 0) is 0 Å². The number of nitrogens with zero attached hydrogens (tertiary/aromatic N) is 1. The molecule has 0 saturated carbocycles. The van der Waals surface area contributed by atoms with Gasteiger partial charge in [0.05, 0.1) is 0 Å². The molecule has 0 aliphatic heterocycles. The van der Waals surface area contributed by atoms with Crippen LogP contribution < -0.4 is 0 Å². The second kappa shape index (κ2) is 4.40. The summed E-state index contributed by atoms with van der Waals surface area (Å²) in [6.07, 6.45) is 0. The number of hydrogen-bond donors (Lipinski definition) is 0. The van der Waals surface area contributed by atoms with Gasteiger partial charge in [-0.25, -0.2) is 0 Å². The van der Waals surface area contributed by atoms with Gasteiger partial charge in [0.15, 0.2) is 0 Å². The number of rotatable bonds is 3. The van der Waals surface area contributed by atoms with E-state index in [4.69, 9.17) is 0 Å². The van der Waals surface area contributed by atoms with E-state index in [9.17, 15) is 0 Å². The minimum absolute atomic E-state index is 0.510. The SMILES string of the molecule is CCN(CC)[As](C)C. The van der Waals surface area contributed by atoms with Crippen molar-refractivity contribution in [3.05, 3.63) is 0 Å². The Bertz CT molecular complexity index is 50.5. The van der Waals surface area contributed by atoms with Gasteiger partial charge in [-0.15, -0.1) is 0 Å². The van der Waals surface area contributed by atoms with Gasteiger partial charge >= 0.3 is 57.1 Å². The summed E-state index contributed by atoms with van der Waals surface area (Å²) in [5.41, 5.74) is 4.75. The summed E-state index contributed by atoms with van der Waals surface area (Å²) in [4.78, 5) is 0. The molecule has 0 rings (SSSR count). The molecule has 0 saturated heterocycles. The number of hydrogen-bond acceptors (Lipinski definition) is 1. The van der Waals surface area contributed by atoms with E-state index in [1.54, 1.807) is 0 Å². The van der Waals surface area contributed by atoms with Crippen molar-refractivity contribution >= 4 is 14.9 Å². The molecule has 0 atom stereocenters. The molecule has 0 aliphatic rings. The van der Waals surface area contributed by atoms with E-state index in [0.717, 1.165) is 0 Å². The molecule has 0 fully saturated rings. The molecule has 0 heterocycles. The molecule has 0 aromatic heterocycles. The molecule has 50 valence electrons. The maximum atomic E-state index is 2.56. The van der Waals surface area contributed by atoms with Crippen LogP contribution in [0, 0.1) is 0 Å². The van der Waals surface area contributed by atoms with Crippen molar-refractivity contribution in [3.63, 3.8) is 0 Å². The van der Waals surface area contributed by atoms with E-state index in [-0.39, 0.29) is 0 Å². The van der Waals surface area contributed by atoms with Crippen LogP contribution in [0.4, 0.5) is 0 Å². The van der Waals surface area contributed by atoms with Crippen molar-refractivity contribution in [1.82, 2.24) is 3.82 Å². The molecule has 0 amide bonds. The van der Waals surface area contributed by atoms with Gasteiger partial charge in [0.2, 0.25) is 0 Å². The van der Waals surface area contributed by atoms with Gasteiger partial charge in [-0.1, -0.05) is 0 Å².